The topological polar surface area (TPSA) is 184 Å². The zero-order valence-electron chi connectivity index (χ0n) is 25.6. The second-order valence-corrected chi connectivity index (χ2v) is 12.3. The molecule has 0 saturated carbocycles. The minimum absolute atomic E-state index is 0.0214. The Morgan fingerprint density at radius 2 is 1.53 bits per heavy atom. The quantitative estimate of drug-likeness (QED) is 0.190. The van der Waals surface area contributed by atoms with E-state index in [0.29, 0.717) is 6.42 Å². The fourth-order valence-corrected chi connectivity index (χ4v) is 7.06. The first-order valence-corrected chi connectivity index (χ1v) is 14.3. The molecular weight excluding hydrogens is 568 g/mol. The number of aliphatic hydroxyl groups is 2. The Kier molecular flexibility index (Phi) is 8.35. The van der Waals surface area contributed by atoms with Crippen LogP contribution in [-0.2, 0) is 52.4 Å². The summed E-state index contributed by atoms with van der Waals surface area (Å²) in [6.45, 7) is 11.1. The average Bonchev–Trinajstić information content (AvgIpc) is 3.47. The molecule has 2 saturated heterocycles. The second-order valence-electron chi connectivity index (χ2n) is 12.3. The molecule has 0 aromatic carbocycles. The SMILES string of the molecule is CCCC(=O)OC1C(C)=CC2OC(=O)C3(C)OC23C(OC(C)=O)C2C(C)(O)C(O)C=CC2(C)C(OC(C)=O)C1OC(C)=O. The summed E-state index contributed by atoms with van der Waals surface area (Å²) in [6, 6.07) is 0. The number of hydrogen-bond donors (Lipinski definition) is 2. The van der Waals surface area contributed by atoms with Gasteiger partial charge in [0.05, 0.1) is 5.60 Å². The number of esters is 5. The summed E-state index contributed by atoms with van der Waals surface area (Å²) in [4.78, 5) is 64.0. The summed E-state index contributed by atoms with van der Waals surface area (Å²) in [5.74, 6) is -5.17. The summed E-state index contributed by atoms with van der Waals surface area (Å²) in [7, 11) is 0. The van der Waals surface area contributed by atoms with Crippen molar-refractivity contribution in [3.8, 4) is 0 Å². The molecule has 2 aliphatic heterocycles. The molecule has 2 fully saturated rings. The summed E-state index contributed by atoms with van der Waals surface area (Å²) >= 11 is 0. The van der Waals surface area contributed by atoms with Gasteiger partial charge in [-0.1, -0.05) is 26.0 Å². The van der Waals surface area contributed by atoms with Crippen molar-refractivity contribution in [1.82, 2.24) is 0 Å². The Hall–Kier alpha value is -3.29. The first kappa shape index (κ1) is 32.6. The van der Waals surface area contributed by atoms with E-state index in [1.165, 1.54) is 32.1 Å². The zero-order chi connectivity index (χ0) is 32.3. The Morgan fingerprint density at radius 1 is 0.953 bits per heavy atom. The zero-order valence-corrected chi connectivity index (χ0v) is 25.6. The van der Waals surface area contributed by atoms with Gasteiger partial charge in [0.2, 0.25) is 0 Å². The molecule has 0 bridgehead atoms. The number of rotatable bonds is 6. The lowest BCUT2D eigenvalue weighted by Gasteiger charge is -2.55. The number of epoxide rings is 1. The molecular formula is C30H40O13. The molecule has 2 heterocycles. The van der Waals surface area contributed by atoms with Crippen LogP contribution in [0.3, 0.4) is 0 Å². The molecule has 0 aromatic rings. The van der Waals surface area contributed by atoms with Crippen molar-refractivity contribution in [2.24, 2.45) is 11.3 Å². The van der Waals surface area contributed by atoms with Gasteiger partial charge in [-0.3, -0.25) is 19.2 Å². The number of fused-ring (bicyclic) bond motifs is 1. The van der Waals surface area contributed by atoms with E-state index in [1.54, 1.807) is 20.8 Å². The maximum absolute atomic E-state index is 13.2. The van der Waals surface area contributed by atoms with Crippen LogP contribution in [0, 0.1) is 11.3 Å². The lowest BCUT2D eigenvalue weighted by atomic mass is 9.55. The van der Waals surface area contributed by atoms with Crippen LogP contribution in [0.1, 0.15) is 68.2 Å². The van der Waals surface area contributed by atoms with E-state index in [2.05, 4.69) is 0 Å². The molecule has 0 radical (unpaired) electrons. The lowest BCUT2D eigenvalue weighted by molar-refractivity contribution is -0.230. The van der Waals surface area contributed by atoms with Crippen molar-refractivity contribution in [3.05, 3.63) is 23.8 Å². The Labute approximate surface area is 249 Å². The van der Waals surface area contributed by atoms with E-state index in [-0.39, 0.29) is 12.0 Å². The van der Waals surface area contributed by atoms with Crippen LogP contribution >= 0.6 is 0 Å². The summed E-state index contributed by atoms with van der Waals surface area (Å²) < 4.78 is 35.2. The van der Waals surface area contributed by atoms with Crippen molar-refractivity contribution >= 4 is 29.8 Å². The molecule has 4 aliphatic rings. The van der Waals surface area contributed by atoms with Crippen LogP contribution < -0.4 is 0 Å². The summed E-state index contributed by atoms with van der Waals surface area (Å²) in [5, 5.41) is 23.0. The fourth-order valence-electron chi connectivity index (χ4n) is 7.06. The molecule has 11 atom stereocenters. The third-order valence-electron chi connectivity index (χ3n) is 9.06. The largest absolute Gasteiger partial charge is 0.459 e. The van der Waals surface area contributed by atoms with Gasteiger partial charge in [-0.25, -0.2) is 4.79 Å². The molecule has 0 amide bonds. The number of aliphatic hydroxyl groups excluding tert-OH is 1. The van der Waals surface area contributed by atoms with Crippen molar-refractivity contribution < 1.29 is 62.6 Å². The number of hydrogen-bond acceptors (Lipinski definition) is 13. The summed E-state index contributed by atoms with van der Waals surface area (Å²) in [6.07, 6.45) is -3.92. The highest BCUT2D eigenvalue weighted by atomic mass is 16.7. The third-order valence-corrected chi connectivity index (χ3v) is 9.06. The van der Waals surface area contributed by atoms with E-state index in [0.717, 1.165) is 20.8 Å². The highest BCUT2D eigenvalue weighted by Crippen LogP contribution is 2.65. The predicted octanol–water partition coefficient (Wildman–Crippen LogP) is 1.21. The van der Waals surface area contributed by atoms with Crippen LogP contribution in [0.15, 0.2) is 23.8 Å². The Balaban J connectivity index is 2.10. The molecule has 43 heavy (non-hydrogen) atoms. The molecule has 11 unspecified atom stereocenters. The number of ether oxygens (including phenoxy) is 6. The molecule has 13 heteroatoms. The van der Waals surface area contributed by atoms with Crippen LogP contribution in [-0.4, -0.2) is 93.5 Å². The van der Waals surface area contributed by atoms with Gasteiger partial charge in [0.25, 0.3) is 0 Å². The second kappa shape index (κ2) is 11.0. The number of carbonyl (C=O) groups is 5. The molecule has 0 aromatic heterocycles. The maximum atomic E-state index is 13.2. The molecule has 13 nitrogen and oxygen atoms in total. The van der Waals surface area contributed by atoms with Crippen LogP contribution in [0.4, 0.5) is 0 Å². The Morgan fingerprint density at radius 3 is 2.07 bits per heavy atom. The van der Waals surface area contributed by atoms with Crippen molar-refractivity contribution in [2.75, 3.05) is 0 Å². The van der Waals surface area contributed by atoms with Crippen molar-refractivity contribution in [3.63, 3.8) is 0 Å². The van der Waals surface area contributed by atoms with Gasteiger partial charge in [-0.15, -0.1) is 0 Å². The lowest BCUT2D eigenvalue weighted by Crippen LogP contribution is -2.69. The van der Waals surface area contributed by atoms with Crippen LogP contribution in [0.2, 0.25) is 0 Å². The van der Waals surface area contributed by atoms with Crippen molar-refractivity contribution in [1.29, 1.82) is 0 Å². The fraction of sp³-hybridized carbons (Fsp3) is 0.700. The molecule has 238 valence electrons. The number of carbonyl (C=O) groups excluding carboxylic acids is 5. The predicted molar refractivity (Wildman–Crippen MR) is 145 cm³/mol. The maximum Gasteiger partial charge on any atom is 0.342 e. The van der Waals surface area contributed by atoms with Gasteiger partial charge in [0.1, 0.15) is 12.2 Å². The van der Waals surface area contributed by atoms with Gasteiger partial charge in [-0.2, -0.15) is 0 Å². The van der Waals surface area contributed by atoms with E-state index in [9.17, 15) is 34.2 Å². The van der Waals surface area contributed by atoms with Crippen LogP contribution in [0.25, 0.3) is 0 Å². The normalized spacial score (nSPS) is 43.1. The van der Waals surface area contributed by atoms with E-state index >= 15 is 0 Å². The third kappa shape index (κ3) is 5.14. The molecule has 4 rings (SSSR count). The highest BCUT2D eigenvalue weighted by molar-refractivity contribution is 5.89. The standard InChI is InChI=1S/C30H40O13/c1-9-10-20(35)42-21-14(2)13-19-30(29(8,43-30)26(36)41-19)25(40-17(5)33)23-27(6,12-11-18(34)28(23,7)37)24(39-16(4)32)22(21)38-15(3)31/h11-13,18-19,21-25,34,37H,9-10H2,1-8H3. The molecule has 2 aliphatic carbocycles. The minimum Gasteiger partial charge on any atom is -0.459 e. The average molecular weight is 609 g/mol. The van der Waals surface area contributed by atoms with E-state index in [1.807, 2.05) is 0 Å². The summed E-state index contributed by atoms with van der Waals surface area (Å²) in [5.41, 5.74) is -6.81. The first-order chi connectivity index (χ1) is 19.9. The molecule has 2 N–H and O–H groups in total. The minimum atomic E-state index is -2.12. The van der Waals surface area contributed by atoms with Gasteiger partial charge >= 0.3 is 29.8 Å². The van der Waals surface area contributed by atoms with Crippen molar-refractivity contribution in [2.45, 2.75) is 122 Å². The van der Waals surface area contributed by atoms with Gasteiger partial charge in [0, 0.05) is 38.5 Å². The molecule has 1 spiro atoms. The van der Waals surface area contributed by atoms with Gasteiger partial charge in [0.15, 0.2) is 35.6 Å². The van der Waals surface area contributed by atoms with Crippen LogP contribution in [0.5, 0.6) is 0 Å². The van der Waals surface area contributed by atoms with Gasteiger partial charge < -0.3 is 38.6 Å². The highest BCUT2D eigenvalue weighted by Gasteiger charge is 2.88. The smallest absolute Gasteiger partial charge is 0.342 e. The van der Waals surface area contributed by atoms with E-state index < -0.39 is 94.6 Å². The monoisotopic (exact) mass is 608 g/mol. The van der Waals surface area contributed by atoms with Gasteiger partial charge in [-0.05, 0) is 38.8 Å². The first-order valence-electron chi connectivity index (χ1n) is 14.3. The van der Waals surface area contributed by atoms with E-state index in [4.69, 9.17) is 28.4 Å². The Bertz CT molecular complexity index is 1270.